The third-order valence-corrected chi connectivity index (χ3v) is 1.80. The van der Waals surface area contributed by atoms with E-state index in [4.69, 9.17) is 10.8 Å². The molecule has 1 heterocycles. The number of hydrogen-bond acceptors (Lipinski definition) is 4. The van der Waals surface area contributed by atoms with Gasteiger partial charge in [0.15, 0.2) is 5.75 Å². The fraction of sp³-hybridized carbons (Fsp3) is 0.333. The highest BCUT2D eigenvalue weighted by Gasteiger charge is 2.34. The number of carboxylic acid groups (broad SMARTS) is 1. The molecule has 0 saturated carbocycles. The molecule has 0 aliphatic carbocycles. The molecule has 0 spiro atoms. The van der Waals surface area contributed by atoms with E-state index >= 15 is 0 Å². The first-order valence-electron chi connectivity index (χ1n) is 4.54. The summed E-state index contributed by atoms with van der Waals surface area (Å²) in [5, 5.41) is 8.53. The van der Waals surface area contributed by atoms with Gasteiger partial charge in [0, 0.05) is 0 Å². The van der Waals surface area contributed by atoms with Crippen LogP contribution in [0.5, 0.6) is 5.75 Å². The van der Waals surface area contributed by atoms with Crippen LogP contribution in [0.15, 0.2) is 6.07 Å². The third kappa shape index (κ3) is 3.75. The van der Waals surface area contributed by atoms with Crippen molar-refractivity contribution in [1.82, 2.24) is 4.98 Å². The molecule has 0 aliphatic heterocycles. The maximum absolute atomic E-state index is 12.4. The quantitative estimate of drug-likeness (QED) is 0.811. The number of alkyl halides is 4. The van der Waals surface area contributed by atoms with Gasteiger partial charge in [-0.3, -0.25) is 9.78 Å². The Morgan fingerprint density at radius 2 is 2.11 bits per heavy atom. The standard InChI is InChI=1S/C9H8F4N2O3/c10-3-4-1-5(14)8(18-9(11,12)13)6(15-4)2-7(16)17/h1H,2-3H2,(H2,14,15)(H,16,17). The summed E-state index contributed by atoms with van der Waals surface area (Å²) >= 11 is 0. The first-order chi connectivity index (χ1) is 8.23. The number of nitrogens with zero attached hydrogens (tertiary/aromatic N) is 1. The number of ether oxygens (including phenoxy) is 1. The van der Waals surface area contributed by atoms with Crippen molar-refractivity contribution in [2.45, 2.75) is 19.5 Å². The Kier molecular flexibility index (Phi) is 3.94. The highest BCUT2D eigenvalue weighted by atomic mass is 19.4. The minimum absolute atomic E-state index is 0.265. The average Bonchev–Trinajstić information content (AvgIpc) is 2.20. The Morgan fingerprint density at radius 1 is 1.50 bits per heavy atom. The first kappa shape index (κ1) is 14.0. The van der Waals surface area contributed by atoms with Crippen LogP contribution in [0.25, 0.3) is 0 Å². The number of aliphatic carboxylic acids is 1. The molecule has 5 nitrogen and oxygen atoms in total. The van der Waals surface area contributed by atoms with E-state index in [-0.39, 0.29) is 5.69 Å². The predicted molar refractivity (Wildman–Crippen MR) is 51.5 cm³/mol. The largest absolute Gasteiger partial charge is 0.573 e. The Balaban J connectivity index is 3.24. The van der Waals surface area contributed by atoms with Crippen LogP contribution in [-0.2, 0) is 17.9 Å². The monoisotopic (exact) mass is 268 g/mol. The van der Waals surface area contributed by atoms with Crippen molar-refractivity contribution in [3.63, 3.8) is 0 Å². The smallest absolute Gasteiger partial charge is 0.481 e. The molecule has 0 fully saturated rings. The third-order valence-electron chi connectivity index (χ3n) is 1.80. The van der Waals surface area contributed by atoms with Gasteiger partial charge >= 0.3 is 12.3 Å². The minimum atomic E-state index is -5.04. The molecule has 18 heavy (non-hydrogen) atoms. The molecule has 9 heteroatoms. The fourth-order valence-corrected chi connectivity index (χ4v) is 1.23. The van der Waals surface area contributed by atoms with Crippen LogP contribution in [0.3, 0.4) is 0 Å². The molecule has 1 aromatic heterocycles. The molecule has 3 N–H and O–H groups in total. The van der Waals surface area contributed by atoms with Crippen LogP contribution in [0.1, 0.15) is 11.4 Å². The number of nitrogens with two attached hydrogens (primary N) is 1. The molecular weight excluding hydrogens is 260 g/mol. The van der Waals surface area contributed by atoms with E-state index in [0.717, 1.165) is 6.07 Å². The van der Waals surface area contributed by atoms with Crippen molar-refractivity contribution in [2.75, 3.05) is 5.73 Å². The van der Waals surface area contributed by atoms with Crippen molar-refractivity contribution in [2.24, 2.45) is 0 Å². The van der Waals surface area contributed by atoms with Crippen LogP contribution >= 0.6 is 0 Å². The molecule has 0 unspecified atom stereocenters. The van der Waals surface area contributed by atoms with Crippen LogP contribution in [0, 0.1) is 0 Å². The van der Waals surface area contributed by atoms with Gasteiger partial charge in [0.25, 0.3) is 0 Å². The average molecular weight is 268 g/mol. The number of nitrogen functional groups attached to an aromatic ring is 1. The molecule has 0 saturated heterocycles. The Bertz CT molecular complexity index is 462. The van der Waals surface area contributed by atoms with Gasteiger partial charge in [-0.15, -0.1) is 13.2 Å². The van der Waals surface area contributed by atoms with Gasteiger partial charge < -0.3 is 15.6 Å². The molecule has 0 bridgehead atoms. The number of carbonyl (C=O) groups is 1. The highest BCUT2D eigenvalue weighted by Crippen LogP contribution is 2.32. The maximum atomic E-state index is 12.4. The molecular formula is C9H8F4N2O3. The number of anilines is 1. The molecule has 1 rings (SSSR count). The van der Waals surface area contributed by atoms with E-state index in [1.54, 1.807) is 0 Å². The fourth-order valence-electron chi connectivity index (χ4n) is 1.23. The van der Waals surface area contributed by atoms with Gasteiger partial charge in [0.05, 0.1) is 23.5 Å². The summed E-state index contributed by atoms with van der Waals surface area (Å²) in [6, 6.07) is 0.854. The number of carboxylic acids is 1. The van der Waals surface area contributed by atoms with E-state index in [1.807, 2.05) is 0 Å². The Labute approximate surface area is 98.2 Å². The van der Waals surface area contributed by atoms with Gasteiger partial charge in [-0.05, 0) is 6.07 Å². The minimum Gasteiger partial charge on any atom is -0.481 e. The molecule has 0 atom stereocenters. The zero-order valence-corrected chi connectivity index (χ0v) is 8.79. The second kappa shape index (κ2) is 5.07. The SMILES string of the molecule is Nc1cc(CF)nc(CC(=O)O)c1OC(F)(F)F. The molecule has 0 amide bonds. The zero-order valence-electron chi connectivity index (χ0n) is 8.79. The van der Waals surface area contributed by atoms with Crippen molar-refractivity contribution in [3.05, 3.63) is 17.5 Å². The summed E-state index contributed by atoms with van der Waals surface area (Å²) in [5.74, 6) is -2.35. The highest BCUT2D eigenvalue weighted by molar-refractivity contribution is 5.72. The molecule has 0 aromatic carbocycles. The normalized spacial score (nSPS) is 11.3. The number of rotatable bonds is 4. The van der Waals surface area contributed by atoms with Crippen molar-refractivity contribution >= 4 is 11.7 Å². The van der Waals surface area contributed by atoms with Gasteiger partial charge in [0.1, 0.15) is 6.67 Å². The lowest BCUT2D eigenvalue weighted by atomic mass is 10.2. The van der Waals surface area contributed by atoms with Gasteiger partial charge in [-0.25, -0.2) is 4.39 Å². The van der Waals surface area contributed by atoms with Gasteiger partial charge in [0.2, 0.25) is 0 Å². The van der Waals surface area contributed by atoms with Crippen molar-refractivity contribution in [1.29, 1.82) is 0 Å². The van der Waals surface area contributed by atoms with Gasteiger partial charge in [-0.2, -0.15) is 0 Å². The van der Waals surface area contributed by atoms with Crippen LogP contribution in [0.4, 0.5) is 23.2 Å². The van der Waals surface area contributed by atoms with Crippen LogP contribution in [-0.4, -0.2) is 22.4 Å². The second-order valence-electron chi connectivity index (χ2n) is 3.23. The number of aromatic nitrogens is 1. The van der Waals surface area contributed by atoms with E-state index in [9.17, 15) is 22.4 Å². The van der Waals surface area contributed by atoms with E-state index < -0.39 is 42.6 Å². The van der Waals surface area contributed by atoms with Crippen molar-refractivity contribution < 1.29 is 32.2 Å². The van der Waals surface area contributed by atoms with Gasteiger partial charge in [-0.1, -0.05) is 0 Å². The molecule has 100 valence electrons. The summed E-state index contributed by atoms with van der Waals surface area (Å²) in [7, 11) is 0. The zero-order chi connectivity index (χ0) is 13.9. The lowest BCUT2D eigenvalue weighted by Crippen LogP contribution is -2.20. The molecule has 1 aromatic rings. The van der Waals surface area contributed by atoms with E-state index in [2.05, 4.69) is 9.72 Å². The van der Waals surface area contributed by atoms with E-state index in [1.165, 1.54) is 0 Å². The number of hydrogen-bond donors (Lipinski definition) is 2. The lowest BCUT2D eigenvalue weighted by Gasteiger charge is -2.14. The maximum Gasteiger partial charge on any atom is 0.573 e. The Hall–Kier alpha value is -2.06. The van der Waals surface area contributed by atoms with Crippen molar-refractivity contribution in [3.8, 4) is 5.75 Å². The van der Waals surface area contributed by atoms with Crippen LogP contribution < -0.4 is 10.5 Å². The Morgan fingerprint density at radius 3 is 2.56 bits per heavy atom. The molecule has 0 radical (unpaired) electrons. The summed E-state index contributed by atoms with van der Waals surface area (Å²) in [4.78, 5) is 13.9. The second-order valence-corrected chi connectivity index (χ2v) is 3.23. The summed E-state index contributed by atoms with van der Waals surface area (Å²) in [6.07, 6.45) is -5.90. The van der Waals surface area contributed by atoms with Crippen LogP contribution in [0.2, 0.25) is 0 Å². The van der Waals surface area contributed by atoms with E-state index in [0.29, 0.717) is 0 Å². The summed E-state index contributed by atoms with van der Waals surface area (Å²) < 4.78 is 52.2. The summed E-state index contributed by atoms with van der Waals surface area (Å²) in [6.45, 7) is -1.08. The number of halogens is 4. The molecule has 0 aliphatic rings. The lowest BCUT2D eigenvalue weighted by molar-refractivity contribution is -0.274. The summed E-state index contributed by atoms with van der Waals surface area (Å²) in [5.41, 5.74) is 3.89. The number of pyridine rings is 1. The first-order valence-corrected chi connectivity index (χ1v) is 4.54. The predicted octanol–water partition coefficient (Wildman–Crippen LogP) is 1.66. The topological polar surface area (TPSA) is 85.4 Å².